The van der Waals surface area contributed by atoms with Crippen LogP contribution < -0.4 is 16.0 Å². The van der Waals surface area contributed by atoms with E-state index in [9.17, 15) is 9.59 Å². The van der Waals surface area contributed by atoms with E-state index in [2.05, 4.69) is 22.8 Å². The smallest absolute Gasteiger partial charge is 0.316 e. The van der Waals surface area contributed by atoms with Crippen molar-refractivity contribution in [2.45, 2.75) is 6.54 Å². The third-order valence-electron chi connectivity index (χ3n) is 4.14. The summed E-state index contributed by atoms with van der Waals surface area (Å²) in [4.78, 5) is 28.3. The summed E-state index contributed by atoms with van der Waals surface area (Å²) < 4.78 is 0. The Morgan fingerprint density at radius 2 is 2.00 bits per heavy atom. The molecule has 2 aromatic rings. The summed E-state index contributed by atoms with van der Waals surface area (Å²) >= 11 is 1.78. The molecule has 6 nitrogen and oxygen atoms in total. The lowest BCUT2D eigenvalue weighted by molar-refractivity contribution is -0.917. The first-order valence-electron chi connectivity index (χ1n) is 7.93. The molecule has 1 fully saturated rings. The normalized spacial score (nSPS) is 15.2. The van der Waals surface area contributed by atoms with Crippen molar-refractivity contribution in [3.8, 4) is 0 Å². The number of urea groups is 1. The monoisotopic (exact) mass is 345 g/mol. The number of hydrogen-bond donors (Lipinski definition) is 3. The molecule has 1 aromatic carbocycles. The Morgan fingerprint density at radius 3 is 2.67 bits per heavy atom. The van der Waals surface area contributed by atoms with Crippen LogP contribution in [0.2, 0.25) is 0 Å². The number of quaternary nitrogens is 1. The highest BCUT2D eigenvalue weighted by Gasteiger charge is 2.24. The number of primary amides is 1. The summed E-state index contributed by atoms with van der Waals surface area (Å²) in [6.07, 6.45) is 0. The van der Waals surface area contributed by atoms with Gasteiger partial charge in [-0.2, -0.15) is 0 Å². The summed E-state index contributed by atoms with van der Waals surface area (Å²) in [6, 6.07) is 10.5. The Bertz CT molecular complexity index is 709. The van der Waals surface area contributed by atoms with Gasteiger partial charge in [-0.1, -0.05) is 12.1 Å². The minimum Gasteiger partial charge on any atom is -0.351 e. The number of thiophene rings is 1. The van der Waals surface area contributed by atoms with Crippen LogP contribution in [0.25, 0.3) is 0 Å². The van der Waals surface area contributed by atoms with Gasteiger partial charge in [0.2, 0.25) is 0 Å². The molecule has 126 valence electrons. The summed E-state index contributed by atoms with van der Waals surface area (Å²) in [5.41, 5.74) is 6.23. The molecule has 0 bridgehead atoms. The minimum absolute atomic E-state index is 0.00158. The van der Waals surface area contributed by atoms with Crippen LogP contribution in [0, 0.1) is 0 Å². The van der Waals surface area contributed by atoms with Gasteiger partial charge in [0, 0.05) is 11.3 Å². The van der Waals surface area contributed by atoms with Crippen molar-refractivity contribution in [2.24, 2.45) is 5.73 Å². The Hall–Kier alpha value is -2.38. The molecule has 1 aromatic heterocycles. The van der Waals surface area contributed by atoms with Gasteiger partial charge in [-0.25, -0.2) is 4.79 Å². The number of nitrogens with two attached hydrogens (primary N) is 1. The van der Waals surface area contributed by atoms with Crippen molar-refractivity contribution in [1.29, 1.82) is 0 Å². The van der Waals surface area contributed by atoms with Crippen LogP contribution in [-0.4, -0.2) is 43.0 Å². The molecular formula is C17H21N4O2S+. The largest absolute Gasteiger partial charge is 0.351 e. The molecule has 1 aliphatic rings. The molecule has 0 aliphatic carbocycles. The van der Waals surface area contributed by atoms with E-state index in [1.807, 2.05) is 4.90 Å². The number of amides is 3. The number of piperazine rings is 1. The number of carbonyl (C=O) groups excluding carboxylic acids is 2. The lowest BCUT2D eigenvalue weighted by Crippen LogP contribution is -3.13. The predicted molar refractivity (Wildman–Crippen MR) is 94.3 cm³/mol. The van der Waals surface area contributed by atoms with Crippen LogP contribution in [0.3, 0.4) is 0 Å². The second-order valence-corrected chi connectivity index (χ2v) is 6.90. The van der Waals surface area contributed by atoms with Gasteiger partial charge in [-0.15, -0.1) is 11.3 Å². The maximum atomic E-state index is 12.6. The second-order valence-electron chi connectivity index (χ2n) is 5.87. The third kappa shape index (κ3) is 4.12. The van der Waals surface area contributed by atoms with E-state index in [0.717, 1.165) is 32.7 Å². The van der Waals surface area contributed by atoms with Gasteiger partial charge < -0.3 is 20.9 Å². The molecular weight excluding hydrogens is 324 g/mol. The SMILES string of the molecule is NC(=O)Nc1cccc(C(=O)N2CC[NH+](Cc3cccs3)CC2)c1. The summed E-state index contributed by atoms with van der Waals surface area (Å²) in [7, 11) is 0. The highest BCUT2D eigenvalue weighted by atomic mass is 32.1. The molecule has 2 heterocycles. The lowest BCUT2D eigenvalue weighted by Gasteiger charge is -2.32. The first-order chi connectivity index (χ1) is 11.6. The van der Waals surface area contributed by atoms with E-state index >= 15 is 0 Å². The van der Waals surface area contributed by atoms with Crippen LogP contribution in [0.15, 0.2) is 41.8 Å². The van der Waals surface area contributed by atoms with Crippen molar-refractivity contribution in [1.82, 2.24) is 4.90 Å². The summed E-state index contributed by atoms with van der Waals surface area (Å²) in [5.74, 6) is -0.00158. The highest BCUT2D eigenvalue weighted by Crippen LogP contribution is 2.13. The van der Waals surface area contributed by atoms with Crippen LogP contribution in [0.4, 0.5) is 10.5 Å². The molecule has 1 saturated heterocycles. The van der Waals surface area contributed by atoms with E-state index in [0.29, 0.717) is 11.3 Å². The van der Waals surface area contributed by atoms with E-state index in [1.54, 1.807) is 35.6 Å². The summed E-state index contributed by atoms with van der Waals surface area (Å²) in [5, 5.41) is 4.60. The summed E-state index contributed by atoms with van der Waals surface area (Å²) in [6.45, 7) is 4.41. The van der Waals surface area contributed by atoms with Gasteiger partial charge in [0.05, 0.1) is 31.1 Å². The van der Waals surface area contributed by atoms with Crippen molar-refractivity contribution >= 4 is 29.0 Å². The van der Waals surface area contributed by atoms with Crippen molar-refractivity contribution in [3.63, 3.8) is 0 Å². The molecule has 7 heteroatoms. The van der Waals surface area contributed by atoms with Crippen molar-refractivity contribution in [3.05, 3.63) is 52.2 Å². The van der Waals surface area contributed by atoms with Gasteiger partial charge >= 0.3 is 6.03 Å². The van der Waals surface area contributed by atoms with Gasteiger partial charge in [0.15, 0.2) is 0 Å². The number of anilines is 1. The first-order valence-corrected chi connectivity index (χ1v) is 8.81. The van der Waals surface area contributed by atoms with E-state index in [4.69, 9.17) is 5.73 Å². The average Bonchev–Trinajstić information content (AvgIpc) is 3.07. The number of nitrogens with one attached hydrogen (secondary N) is 2. The Morgan fingerprint density at radius 1 is 1.21 bits per heavy atom. The van der Waals surface area contributed by atoms with Crippen LogP contribution in [-0.2, 0) is 6.54 Å². The van der Waals surface area contributed by atoms with Crippen LogP contribution >= 0.6 is 11.3 Å². The molecule has 0 unspecified atom stereocenters. The van der Waals surface area contributed by atoms with E-state index < -0.39 is 6.03 Å². The molecule has 3 amide bonds. The zero-order chi connectivity index (χ0) is 16.9. The number of nitrogens with zero attached hydrogens (tertiary/aromatic N) is 1. The molecule has 0 spiro atoms. The van der Waals surface area contributed by atoms with Crippen LogP contribution in [0.1, 0.15) is 15.2 Å². The molecule has 0 radical (unpaired) electrons. The second kappa shape index (κ2) is 7.46. The fraction of sp³-hybridized carbons (Fsp3) is 0.294. The zero-order valence-electron chi connectivity index (χ0n) is 13.3. The quantitative estimate of drug-likeness (QED) is 0.766. The average molecular weight is 345 g/mol. The molecule has 24 heavy (non-hydrogen) atoms. The number of benzene rings is 1. The fourth-order valence-electron chi connectivity index (χ4n) is 2.92. The molecule has 3 rings (SSSR count). The Labute approximate surface area is 144 Å². The topological polar surface area (TPSA) is 79.9 Å². The third-order valence-corrected chi connectivity index (χ3v) is 5.02. The minimum atomic E-state index is -0.634. The molecule has 1 aliphatic heterocycles. The maximum absolute atomic E-state index is 12.6. The van der Waals surface area contributed by atoms with Gasteiger partial charge in [-0.3, -0.25) is 4.79 Å². The molecule has 4 N–H and O–H groups in total. The Balaban J connectivity index is 1.57. The number of rotatable bonds is 4. The number of hydrogen-bond acceptors (Lipinski definition) is 3. The predicted octanol–water partition coefficient (Wildman–Crippen LogP) is 0.780. The zero-order valence-corrected chi connectivity index (χ0v) is 14.1. The van der Waals surface area contributed by atoms with Gasteiger partial charge in [0.25, 0.3) is 5.91 Å². The van der Waals surface area contributed by atoms with Crippen molar-refractivity contribution < 1.29 is 14.5 Å². The van der Waals surface area contributed by atoms with E-state index in [-0.39, 0.29) is 5.91 Å². The number of carbonyl (C=O) groups is 2. The standard InChI is InChI=1S/C17H20N4O2S/c18-17(23)19-14-4-1-3-13(11-14)16(22)21-8-6-20(7-9-21)12-15-5-2-10-24-15/h1-5,10-11H,6-9,12H2,(H3,18,19,23)/p+1. The van der Waals surface area contributed by atoms with Crippen LogP contribution in [0.5, 0.6) is 0 Å². The molecule has 0 atom stereocenters. The first kappa shape index (κ1) is 16.5. The van der Waals surface area contributed by atoms with Gasteiger partial charge in [0.1, 0.15) is 6.54 Å². The highest BCUT2D eigenvalue weighted by molar-refractivity contribution is 7.09. The van der Waals surface area contributed by atoms with E-state index in [1.165, 1.54) is 9.78 Å². The lowest BCUT2D eigenvalue weighted by atomic mass is 10.1. The fourth-order valence-corrected chi connectivity index (χ4v) is 3.69. The maximum Gasteiger partial charge on any atom is 0.316 e. The Kier molecular flexibility index (Phi) is 5.12. The molecule has 0 saturated carbocycles. The van der Waals surface area contributed by atoms with Gasteiger partial charge in [-0.05, 0) is 29.6 Å². The van der Waals surface area contributed by atoms with Crippen molar-refractivity contribution in [2.75, 3.05) is 31.5 Å².